The van der Waals surface area contributed by atoms with E-state index >= 15 is 0 Å². The van der Waals surface area contributed by atoms with Crippen molar-refractivity contribution in [3.8, 4) is 5.75 Å². The molecular weight excluding hydrogens is 360 g/mol. The zero-order valence-corrected chi connectivity index (χ0v) is 15.6. The van der Waals surface area contributed by atoms with E-state index < -0.39 is 0 Å². The van der Waals surface area contributed by atoms with Crippen LogP contribution >= 0.6 is 23.4 Å². The Hall–Kier alpha value is -2.25. The molecule has 3 aromatic rings. The van der Waals surface area contributed by atoms with Crippen molar-refractivity contribution in [1.82, 2.24) is 14.9 Å². The fourth-order valence-corrected chi connectivity index (χ4v) is 2.79. The van der Waals surface area contributed by atoms with E-state index in [2.05, 4.69) is 15.3 Å². The minimum Gasteiger partial charge on any atom is -0.485 e. The molecule has 8 heteroatoms. The summed E-state index contributed by atoms with van der Waals surface area (Å²) in [7, 11) is 0. The molecular formula is C17H17ClN4O2S. The first-order valence-electron chi connectivity index (χ1n) is 7.55. The van der Waals surface area contributed by atoms with E-state index in [1.807, 2.05) is 50.4 Å². The summed E-state index contributed by atoms with van der Waals surface area (Å²) in [4.78, 5) is 0. The third kappa shape index (κ3) is 4.05. The topological polar surface area (TPSA) is 65.4 Å². The first-order chi connectivity index (χ1) is 12.1. The van der Waals surface area contributed by atoms with Gasteiger partial charge in [0.15, 0.2) is 5.82 Å². The number of aryl methyl sites for hydroxylation is 1. The number of furan rings is 1. The molecule has 2 heterocycles. The number of thioether (sulfide) groups is 1. The summed E-state index contributed by atoms with van der Waals surface area (Å²) in [5, 5.41) is 13.8. The molecule has 0 fully saturated rings. The highest BCUT2D eigenvalue weighted by Crippen LogP contribution is 2.26. The molecule has 0 spiro atoms. The van der Waals surface area contributed by atoms with Gasteiger partial charge in [0.25, 0.3) is 0 Å². The van der Waals surface area contributed by atoms with E-state index in [1.165, 1.54) is 11.8 Å². The molecule has 3 rings (SSSR count). The predicted molar refractivity (Wildman–Crippen MR) is 98.8 cm³/mol. The van der Waals surface area contributed by atoms with E-state index in [0.29, 0.717) is 29.0 Å². The molecule has 0 unspecified atom stereocenters. The number of aromatic nitrogens is 3. The van der Waals surface area contributed by atoms with Gasteiger partial charge >= 0.3 is 0 Å². The molecule has 0 radical (unpaired) electrons. The average molecular weight is 377 g/mol. The van der Waals surface area contributed by atoms with Gasteiger partial charge in [0, 0.05) is 10.6 Å². The van der Waals surface area contributed by atoms with Gasteiger partial charge in [-0.25, -0.2) is 0 Å². The highest BCUT2D eigenvalue weighted by molar-refractivity contribution is 7.98. The van der Waals surface area contributed by atoms with Crippen LogP contribution in [-0.2, 0) is 6.61 Å². The second-order valence-electron chi connectivity index (χ2n) is 5.25. The molecule has 130 valence electrons. The Morgan fingerprint density at radius 1 is 1.28 bits per heavy atom. The molecule has 0 saturated heterocycles. The van der Waals surface area contributed by atoms with Gasteiger partial charge in [-0.2, -0.15) is 9.78 Å². The number of nitrogens with zero attached hydrogens (tertiary/aromatic N) is 4. The van der Waals surface area contributed by atoms with Crippen LogP contribution in [-0.4, -0.2) is 27.3 Å². The number of hydrogen-bond acceptors (Lipinski definition) is 6. The summed E-state index contributed by atoms with van der Waals surface area (Å²) >= 11 is 7.57. The number of benzene rings is 1. The Kier molecular flexibility index (Phi) is 5.45. The van der Waals surface area contributed by atoms with Crippen LogP contribution in [0, 0.1) is 13.8 Å². The Morgan fingerprint density at radius 2 is 2.12 bits per heavy atom. The molecule has 2 aromatic heterocycles. The highest BCUT2D eigenvalue weighted by Gasteiger charge is 2.08. The van der Waals surface area contributed by atoms with Gasteiger partial charge in [0.1, 0.15) is 23.9 Å². The third-order valence-electron chi connectivity index (χ3n) is 3.52. The molecule has 0 aliphatic carbocycles. The van der Waals surface area contributed by atoms with Crippen LogP contribution in [0.4, 0.5) is 0 Å². The molecule has 1 aromatic carbocycles. The standard InChI is InChI=1S/C17H17ClN4O2S/c1-11-15(18)5-4-6-16(11)23-10-14-8-7-13(24-14)9-19-22-12(2)20-21-17(22)25-3/h4-9H,10H2,1-3H3/b19-9+. The average Bonchev–Trinajstić information content (AvgIpc) is 3.20. The van der Waals surface area contributed by atoms with Crippen LogP contribution in [0.25, 0.3) is 0 Å². The zero-order valence-electron chi connectivity index (χ0n) is 14.1. The second-order valence-corrected chi connectivity index (χ2v) is 6.43. The van der Waals surface area contributed by atoms with Crippen molar-refractivity contribution in [2.75, 3.05) is 6.26 Å². The summed E-state index contributed by atoms with van der Waals surface area (Å²) in [6.07, 6.45) is 3.56. The first kappa shape index (κ1) is 17.6. The zero-order chi connectivity index (χ0) is 17.8. The van der Waals surface area contributed by atoms with Crippen LogP contribution in [0.2, 0.25) is 5.02 Å². The van der Waals surface area contributed by atoms with Crippen LogP contribution in [0.15, 0.2) is 45.0 Å². The molecule has 0 amide bonds. The van der Waals surface area contributed by atoms with Crippen LogP contribution < -0.4 is 4.74 Å². The molecule has 0 atom stereocenters. The lowest BCUT2D eigenvalue weighted by Gasteiger charge is -2.08. The lowest BCUT2D eigenvalue weighted by molar-refractivity contribution is 0.268. The molecule has 0 aliphatic rings. The normalized spacial score (nSPS) is 11.4. The quantitative estimate of drug-likeness (QED) is 0.473. The van der Waals surface area contributed by atoms with Crippen LogP contribution in [0.5, 0.6) is 5.75 Å². The summed E-state index contributed by atoms with van der Waals surface area (Å²) < 4.78 is 13.2. The van der Waals surface area contributed by atoms with Gasteiger partial charge in [-0.15, -0.1) is 10.2 Å². The van der Waals surface area contributed by atoms with Gasteiger partial charge in [0.05, 0.1) is 6.21 Å². The Bertz CT molecular complexity index is 904. The fraction of sp³-hybridized carbons (Fsp3) is 0.235. The van der Waals surface area contributed by atoms with Crippen molar-refractivity contribution in [3.63, 3.8) is 0 Å². The van der Waals surface area contributed by atoms with Crippen molar-refractivity contribution in [3.05, 3.63) is 58.3 Å². The maximum absolute atomic E-state index is 6.09. The predicted octanol–water partition coefficient (Wildman–Crippen LogP) is 4.32. The monoisotopic (exact) mass is 376 g/mol. The molecule has 0 saturated carbocycles. The minimum atomic E-state index is 0.316. The van der Waals surface area contributed by atoms with E-state index in [9.17, 15) is 0 Å². The fourth-order valence-electron chi connectivity index (χ4n) is 2.15. The van der Waals surface area contributed by atoms with Gasteiger partial charge in [-0.05, 0) is 44.4 Å². The number of ether oxygens (including phenoxy) is 1. The number of hydrogen-bond donors (Lipinski definition) is 0. The largest absolute Gasteiger partial charge is 0.485 e. The number of rotatable bonds is 6. The Balaban J connectivity index is 1.67. The molecule has 0 N–H and O–H groups in total. The maximum atomic E-state index is 6.09. The smallest absolute Gasteiger partial charge is 0.211 e. The number of halogens is 1. The second kappa shape index (κ2) is 7.76. The summed E-state index contributed by atoms with van der Waals surface area (Å²) in [6, 6.07) is 9.27. The lowest BCUT2D eigenvalue weighted by atomic mass is 10.2. The van der Waals surface area contributed by atoms with Gasteiger partial charge in [-0.3, -0.25) is 0 Å². The summed E-state index contributed by atoms with van der Waals surface area (Å²) in [5.74, 6) is 2.78. The first-order valence-corrected chi connectivity index (χ1v) is 9.15. The van der Waals surface area contributed by atoms with Gasteiger partial charge < -0.3 is 9.15 Å². The van der Waals surface area contributed by atoms with Crippen molar-refractivity contribution in [2.45, 2.75) is 25.6 Å². The van der Waals surface area contributed by atoms with E-state index in [1.54, 1.807) is 10.9 Å². The molecule has 0 aliphatic heterocycles. The van der Waals surface area contributed by atoms with Gasteiger partial charge in [-0.1, -0.05) is 29.4 Å². The summed E-state index contributed by atoms with van der Waals surface area (Å²) in [5.41, 5.74) is 0.908. The van der Waals surface area contributed by atoms with Crippen molar-refractivity contribution in [1.29, 1.82) is 0 Å². The van der Waals surface area contributed by atoms with Crippen molar-refractivity contribution < 1.29 is 9.15 Å². The SMILES string of the molecule is CSc1nnc(C)n1/N=C/c1ccc(COc2cccc(Cl)c2C)o1. The third-order valence-corrected chi connectivity index (χ3v) is 4.55. The van der Waals surface area contributed by atoms with Gasteiger partial charge in [0.2, 0.25) is 5.16 Å². The van der Waals surface area contributed by atoms with E-state index in [-0.39, 0.29) is 0 Å². The van der Waals surface area contributed by atoms with E-state index in [0.717, 1.165) is 16.5 Å². The lowest BCUT2D eigenvalue weighted by Crippen LogP contribution is -1.96. The minimum absolute atomic E-state index is 0.316. The van der Waals surface area contributed by atoms with E-state index in [4.69, 9.17) is 20.8 Å². The Labute approximate surface area is 154 Å². The van der Waals surface area contributed by atoms with Crippen molar-refractivity contribution >= 4 is 29.6 Å². The summed E-state index contributed by atoms with van der Waals surface area (Å²) in [6.45, 7) is 4.08. The molecule has 25 heavy (non-hydrogen) atoms. The van der Waals surface area contributed by atoms with Crippen LogP contribution in [0.3, 0.4) is 0 Å². The molecule has 0 bridgehead atoms. The van der Waals surface area contributed by atoms with Crippen molar-refractivity contribution in [2.24, 2.45) is 5.10 Å². The maximum Gasteiger partial charge on any atom is 0.211 e. The highest BCUT2D eigenvalue weighted by atomic mass is 35.5. The Morgan fingerprint density at radius 3 is 2.92 bits per heavy atom. The molecule has 6 nitrogen and oxygen atoms in total. The van der Waals surface area contributed by atoms with Crippen LogP contribution in [0.1, 0.15) is 22.9 Å².